The van der Waals surface area contributed by atoms with Crippen LogP contribution in [0, 0.1) is 29.6 Å². The summed E-state index contributed by atoms with van der Waals surface area (Å²) in [7, 11) is 0. The van der Waals surface area contributed by atoms with Gasteiger partial charge in [-0.15, -0.1) is 0 Å². The summed E-state index contributed by atoms with van der Waals surface area (Å²) in [5.41, 5.74) is 11.1. The fourth-order valence-electron chi connectivity index (χ4n) is 14.0. The first-order valence-corrected chi connectivity index (χ1v) is 22.1. The molecular weight excluding hydrogens is 731 g/mol. The maximum atomic E-state index is 7.17. The molecule has 1 aromatic heterocycles. The summed E-state index contributed by atoms with van der Waals surface area (Å²) in [6.45, 7) is 0. The highest BCUT2D eigenvalue weighted by Crippen LogP contribution is 2.68. The third kappa shape index (κ3) is 4.39. The van der Waals surface area contributed by atoms with Gasteiger partial charge in [0.05, 0.1) is 5.41 Å². The fourth-order valence-corrected chi connectivity index (χ4v) is 14.0. The fraction of sp³-hybridized carbons (Fsp3) is 0.232. The number of para-hydroxylation sites is 2. The van der Waals surface area contributed by atoms with E-state index in [9.17, 15) is 0 Å². The van der Waals surface area contributed by atoms with Crippen molar-refractivity contribution in [2.75, 3.05) is 0 Å². The Morgan fingerprint density at radius 1 is 0.433 bits per heavy atom. The van der Waals surface area contributed by atoms with Gasteiger partial charge in [-0.05, 0) is 113 Å². The Bertz CT molecular complexity index is 3060. The largest absolute Gasteiger partial charge is 0.456 e. The van der Waals surface area contributed by atoms with Gasteiger partial charge in [0, 0.05) is 33.2 Å². The lowest BCUT2D eigenvalue weighted by atomic mass is 9.65. The molecule has 288 valence electrons. The molecule has 7 aromatic carbocycles. The lowest BCUT2D eigenvalue weighted by Crippen LogP contribution is -2.32. The van der Waals surface area contributed by atoms with Gasteiger partial charge in [0.25, 0.3) is 0 Å². The average molecular weight is 774 g/mol. The summed E-state index contributed by atoms with van der Waals surface area (Å²) in [6.07, 6.45) is 7.85. The van der Waals surface area contributed by atoms with E-state index in [1.54, 1.807) is 0 Å². The molecule has 4 bridgehead atoms. The lowest BCUT2D eigenvalue weighted by molar-refractivity contribution is 0.259. The molecular formula is C56H43N3O. The molecule has 4 fully saturated rings. The molecule has 5 unspecified atom stereocenters. The molecule has 4 saturated carbocycles. The lowest BCUT2D eigenvalue weighted by Gasteiger charge is -2.40. The van der Waals surface area contributed by atoms with E-state index < -0.39 is 5.41 Å². The van der Waals surface area contributed by atoms with Crippen LogP contribution >= 0.6 is 0 Å². The van der Waals surface area contributed by atoms with Crippen LogP contribution in [-0.4, -0.2) is 15.0 Å². The van der Waals surface area contributed by atoms with Crippen molar-refractivity contribution >= 4 is 10.8 Å². The van der Waals surface area contributed by atoms with Crippen LogP contribution in [0.15, 0.2) is 158 Å². The van der Waals surface area contributed by atoms with Crippen LogP contribution < -0.4 is 4.74 Å². The molecule has 0 radical (unpaired) electrons. The second kappa shape index (κ2) is 12.1. The number of fused-ring (bicyclic) bond motifs is 12. The second-order valence-electron chi connectivity index (χ2n) is 18.8. The van der Waals surface area contributed by atoms with Crippen LogP contribution in [-0.2, 0) is 10.8 Å². The molecule has 5 aliphatic carbocycles. The van der Waals surface area contributed by atoms with Gasteiger partial charge in [0.1, 0.15) is 17.3 Å². The minimum Gasteiger partial charge on any atom is -0.456 e. The Kier molecular flexibility index (Phi) is 6.75. The maximum absolute atomic E-state index is 7.17. The van der Waals surface area contributed by atoms with Gasteiger partial charge >= 0.3 is 0 Å². The number of rotatable bonds is 4. The monoisotopic (exact) mass is 773 g/mol. The molecule has 4 heteroatoms. The highest BCUT2D eigenvalue weighted by Gasteiger charge is 2.62. The van der Waals surface area contributed by atoms with Crippen LogP contribution in [0.2, 0.25) is 0 Å². The van der Waals surface area contributed by atoms with Crippen LogP contribution in [0.25, 0.3) is 55.8 Å². The summed E-state index contributed by atoms with van der Waals surface area (Å²) < 4.78 is 7.17. The molecule has 2 heterocycles. The normalized spacial score (nSPS) is 25.4. The second-order valence-corrected chi connectivity index (χ2v) is 18.8. The number of hydrogen-bond acceptors (Lipinski definition) is 4. The molecule has 6 aliphatic rings. The summed E-state index contributed by atoms with van der Waals surface area (Å²) in [4.78, 5) is 16.8. The zero-order valence-corrected chi connectivity index (χ0v) is 33.4. The van der Waals surface area contributed by atoms with Gasteiger partial charge in [-0.2, -0.15) is 0 Å². The first kappa shape index (κ1) is 33.4. The van der Waals surface area contributed by atoms with E-state index in [1.165, 1.54) is 77.1 Å². The topological polar surface area (TPSA) is 47.9 Å². The molecule has 0 N–H and O–H groups in total. The van der Waals surface area contributed by atoms with Gasteiger partial charge in [-0.3, -0.25) is 0 Å². The first-order chi connectivity index (χ1) is 29.7. The highest BCUT2D eigenvalue weighted by atomic mass is 16.5. The summed E-state index contributed by atoms with van der Waals surface area (Å²) >= 11 is 0. The average Bonchev–Trinajstić information content (AvgIpc) is 4.02. The minimum absolute atomic E-state index is 0.0134. The summed E-state index contributed by atoms with van der Waals surface area (Å²) in [5, 5.41) is 2.37. The predicted molar refractivity (Wildman–Crippen MR) is 238 cm³/mol. The Hall–Kier alpha value is -6.39. The number of benzene rings is 7. The quantitative estimate of drug-likeness (QED) is 0.179. The molecule has 4 nitrogen and oxygen atoms in total. The van der Waals surface area contributed by atoms with Gasteiger partial charge < -0.3 is 4.74 Å². The summed E-state index contributed by atoms with van der Waals surface area (Å²) in [5.74, 6) is 8.54. The molecule has 14 rings (SSSR count). The van der Waals surface area contributed by atoms with Crippen molar-refractivity contribution in [3.05, 3.63) is 186 Å². The standard InChI is InChI=1S/C56H43N3O/c1-2-15-37-34(13-1)14-11-21-42(37)52-57-53(59-54(58-52)55-30-33-27-35-29-36(31-55)45(32-55)44(35)28-33)43-19-4-3-16-38(43)41-20-12-25-49-51(41)60-50-26-10-9-24-48(50)56(49)46-22-7-5-17-39(46)40-18-6-8-23-47(40)56/h1-26,33,35-36,44-45H,27-32H2/t33-,35?,36?,44?,45?,55?/m1/s1. The van der Waals surface area contributed by atoms with Crippen molar-refractivity contribution in [2.45, 2.75) is 49.4 Å². The molecule has 6 atom stereocenters. The summed E-state index contributed by atoms with van der Waals surface area (Å²) in [6, 6.07) is 57.2. The van der Waals surface area contributed by atoms with Crippen molar-refractivity contribution in [3.8, 4) is 56.5 Å². The van der Waals surface area contributed by atoms with Gasteiger partial charge in [-0.25, -0.2) is 15.0 Å². The Balaban J connectivity index is 1.00. The number of ether oxygens (including phenoxy) is 1. The predicted octanol–water partition coefficient (Wildman–Crippen LogP) is 13.2. The number of nitrogens with zero attached hydrogens (tertiary/aromatic N) is 3. The zero-order valence-electron chi connectivity index (χ0n) is 33.4. The molecule has 1 spiro atoms. The van der Waals surface area contributed by atoms with Crippen LogP contribution in [0.1, 0.15) is 66.6 Å². The third-order valence-electron chi connectivity index (χ3n) is 16.0. The minimum atomic E-state index is -0.540. The van der Waals surface area contributed by atoms with Crippen molar-refractivity contribution in [3.63, 3.8) is 0 Å². The van der Waals surface area contributed by atoms with Crippen molar-refractivity contribution in [2.24, 2.45) is 29.6 Å². The number of aromatic nitrogens is 3. The van der Waals surface area contributed by atoms with E-state index in [0.717, 1.165) is 86.4 Å². The van der Waals surface area contributed by atoms with Crippen molar-refractivity contribution < 1.29 is 4.74 Å². The van der Waals surface area contributed by atoms with Crippen LogP contribution in [0.3, 0.4) is 0 Å². The van der Waals surface area contributed by atoms with E-state index in [0.29, 0.717) is 0 Å². The van der Waals surface area contributed by atoms with E-state index in [-0.39, 0.29) is 5.41 Å². The Labute approximate surface area is 350 Å². The van der Waals surface area contributed by atoms with Crippen LogP contribution in [0.4, 0.5) is 0 Å². The van der Waals surface area contributed by atoms with Crippen molar-refractivity contribution in [1.29, 1.82) is 0 Å². The molecule has 8 aromatic rings. The van der Waals surface area contributed by atoms with E-state index in [2.05, 4.69) is 158 Å². The van der Waals surface area contributed by atoms with Crippen molar-refractivity contribution in [1.82, 2.24) is 15.0 Å². The number of hydrogen-bond donors (Lipinski definition) is 0. The zero-order chi connectivity index (χ0) is 39.2. The molecule has 1 aliphatic heterocycles. The highest BCUT2D eigenvalue weighted by molar-refractivity contribution is 5.96. The smallest absolute Gasteiger partial charge is 0.164 e. The maximum Gasteiger partial charge on any atom is 0.164 e. The van der Waals surface area contributed by atoms with E-state index in [1.807, 2.05) is 0 Å². The van der Waals surface area contributed by atoms with Gasteiger partial charge in [-0.1, -0.05) is 152 Å². The molecule has 60 heavy (non-hydrogen) atoms. The van der Waals surface area contributed by atoms with Crippen LogP contribution in [0.5, 0.6) is 11.5 Å². The Morgan fingerprint density at radius 2 is 1.05 bits per heavy atom. The Morgan fingerprint density at radius 3 is 1.88 bits per heavy atom. The van der Waals surface area contributed by atoms with E-state index in [4.69, 9.17) is 19.7 Å². The molecule has 0 saturated heterocycles. The SMILES string of the molecule is c1ccc2c(c1)Oc1c(-c3ccccc3-c3nc(-c4cccc5ccccc45)nc(C45CC6CC7C[C@H](CC7C6C4)C5)n3)cccc1C21c2ccccc2-c2ccccc21. The third-order valence-corrected chi connectivity index (χ3v) is 16.0. The van der Waals surface area contributed by atoms with Gasteiger partial charge in [0.15, 0.2) is 11.6 Å². The first-order valence-electron chi connectivity index (χ1n) is 22.1. The van der Waals surface area contributed by atoms with E-state index >= 15 is 0 Å². The molecule has 0 amide bonds. The van der Waals surface area contributed by atoms with Gasteiger partial charge in [0.2, 0.25) is 0 Å².